The van der Waals surface area contributed by atoms with Crippen LogP contribution in [0.4, 0.5) is 0 Å². The summed E-state index contributed by atoms with van der Waals surface area (Å²) in [5, 5.41) is 6.92. The van der Waals surface area contributed by atoms with Gasteiger partial charge in [0, 0.05) is 10.6 Å². The molecule has 29 heavy (non-hydrogen) atoms. The van der Waals surface area contributed by atoms with E-state index in [1.165, 1.54) is 0 Å². The van der Waals surface area contributed by atoms with E-state index in [1.807, 2.05) is 6.92 Å². The first-order valence-electron chi connectivity index (χ1n) is 8.81. The molecule has 150 valence electrons. The van der Waals surface area contributed by atoms with Gasteiger partial charge in [0.1, 0.15) is 12.3 Å². The minimum Gasteiger partial charge on any atom is -0.493 e. The van der Waals surface area contributed by atoms with Crippen LogP contribution >= 0.6 is 11.6 Å². The van der Waals surface area contributed by atoms with E-state index in [0.29, 0.717) is 28.8 Å². The Balaban J connectivity index is 1.49. The third-order valence-electron chi connectivity index (χ3n) is 3.75. The van der Waals surface area contributed by atoms with Gasteiger partial charge in [0.2, 0.25) is 5.82 Å². The second kappa shape index (κ2) is 9.70. The number of esters is 1. The van der Waals surface area contributed by atoms with E-state index in [2.05, 4.69) is 15.5 Å². The lowest BCUT2D eigenvalue weighted by Gasteiger charge is -2.10. The number of rotatable bonds is 8. The van der Waals surface area contributed by atoms with Crippen LogP contribution in [0.2, 0.25) is 5.02 Å². The summed E-state index contributed by atoms with van der Waals surface area (Å²) in [5.74, 6) is -0.140. The standard InChI is InChI=1S/C20H18ClN3O5/c1-2-27-16-6-4-3-5-15(16)20(26)22-11-18(25)28-12-17-23-19(24-29-17)13-7-9-14(21)10-8-13/h3-10H,2,11-12H2,1H3,(H,22,26). The monoisotopic (exact) mass is 415 g/mol. The Kier molecular flexibility index (Phi) is 6.80. The maximum Gasteiger partial charge on any atom is 0.325 e. The molecule has 0 aliphatic heterocycles. The second-order valence-electron chi connectivity index (χ2n) is 5.79. The van der Waals surface area contributed by atoms with Crippen molar-refractivity contribution in [3.05, 3.63) is 65.0 Å². The third kappa shape index (κ3) is 5.55. The van der Waals surface area contributed by atoms with Gasteiger partial charge in [-0.3, -0.25) is 9.59 Å². The van der Waals surface area contributed by atoms with Crippen molar-refractivity contribution in [3.8, 4) is 17.1 Å². The first kappa shape index (κ1) is 20.3. The minimum absolute atomic E-state index is 0.135. The summed E-state index contributed by atoms with van der Waals surface area (Å²) in [5.41, 5.74) is 1.06. The van der Waals surface area contributed by atoms with Gasteiger partial charge in [0.05, 0.1) is 12.2 Å². The average molecular weight is 416 g/mol. The minimum atomic E-state index is -0.640. The molecule has 0 bridgehead atoms. The summed E-state index contributed by atoms with van der Waals surface area (Å²) < 4.78 is 15.5. The van der Waals surface area contributed by atoms with Crippen molar-refractivity contribution in [2.75, 3.05) is 13.2 Å². The predicted octanol–water partition coefficient (Wildman–Crippen LogP) is 3.26. The zero-order valence-electron chi connectivity index (χ0n) is 15.6. The van der Waals surface area contributed by atoms with Gasteiger partial charge in [-0.15, -0.1) is 0 Å². The SMILES string of the molecule is CCOc1ccccc1C(=O)NCC(=O)OCc1nc(-c2ccc(Cl)cc2)no1. The molecule has 0 saturated carbocycles. The van der Waals surface area contributed by atoms with E-state index in [0.717, 1.165) is 5.56 Å². The lowest BCUT2D eigenvalue weighted by molar-refractivity contribution is -0.144. The Labute approximate surface area is 171 Å². The zero-order chi connectivity index (χ0) is 20.6. The van der Waals surface area contributed by atoms with Crippen molar-refractivity contribution in [1.82, 2.24) is 15.5 Å². The normalized spacial score (nSPS) is 10.4. The molecule has 1 N–H and O–H groups in total. The van der Waals surface area contributed by atoms with E-state index in [9.17, 15) is 9.59 Å². The fourth-order valence-corrected chi connectivity index (χ4v) is 2.53. The van der Waals surface area contributed by atoms with Crippen LogP contribution in [0, 0.1) is 0 Å². The number of amides is 1. The molecule has 1 heterocycles. The summed E-state index contributed by atoms with van der Waals surface area (Å²) in [6.45, 7) is 1.73. The van der Waals surface area contributed by atoms with E-state index in [1.54, 1.807) is 48.5 Å². The largest absolute Gasteiger partial charge is 0.493 e. The molecule has 0 spiro atoms. The quantitative estimate of drug-likeness (QED) is 0.563. The summed E-state index contributed by atoms with van der Waals surface area (Å²) in [6, 6.07) is 13.7. The van der Waals surface area contributed by atoms with Crippen LogP contribution in [0.1, 0.15) is 23.2 Å². The van der Waals surface area contributed by atoms with E-state index in [-0.39, 0.29) is 19.0 Å². The fraction of sp³-hybridized carbons (Fsp3) is 0.200. The van der Waals surface area contributed by atoms with E-state index >= 15 is 0 Å². The molecule has 9 heteroatoms. The summed E-state index contributed by atoms with van der Waals surface area (Å²) >= 11 is 5.85. The topological polar surface area (TPSA) is 104 Å². The summed E-state index contributed by atoms with van der Waals surface area (Å²) in [7, 11) is 0. The number of hydrogen-bond acceptors (Lipinski definition) is 7. The zero-order valence-corrected chi connectivity index (χ0v) is 16.3. The number of nitrogens with zero attached hydrogens (tertiary/aromatic N) is 2. The molecule has 0 radical (unpaired) electrons. The van der Waals surface area contributed by atoms with E-state index in [4.69, 9.17) is 25.6 Å². The maximum absolute atomic E-state index is 12.3. The van der Waals surface area contributed by atoms with Gasteiger partial charge in [-0.1, -0.05) is 28.9 Å². The number of carbonyl (C=O) groups excluding carboxylic acids is 2. The van der Waals surface area contributed by atoms with Gasteiger partial charge >= 0.3 is 5.97 Å². The van der Waals surface area contributed by atoms with Crippen LogP contribution in [0.3, 0.4) is 0 Å². The first-order valence-corrected chi connectivity index (χ1v) is 9.18. The van der Waals surface area contributed by atoms with Gasteiger partial charge < -0.3 is 19.3 Å². The highest BCUT2D eigenvalue weighted by atomic mass is 35.5. The molecule has 0 fully saturated rings. The van der Waals surface area contributed by atoms with Gasteiger partial charge in [0.15, 0.2) is 6.61 Å². The van der Waals surface area contributed by atoms with Crippen molar-refractivity contribution < 1.29 is 23.6 Å². The number of carbonyl (C=O) groups is 2. The predicted molar refractivity (Wildman–Crippen MR) is 104 cm³/mol. The van der Waals surface area contributed by atoms with Crippen LogP contribution in [-0.4, -0.2) is 35.2 Å². The molecule has 0 saturated heterocycles. The average Bonchev–Trinajstić information content (AvgIpc) is 3.21. The number of halogens is 1. The highest BCUT2D eigenvalue weighted by Gasteiger charge is 2.15. The number of ether oxygens (including phenoxy) is 2. The first-order chi connectivity index (χ1) is 14.1. The Hall–Kier alpha value is -3.39. The number of benzene rings is 2. The van der Waals surface area contributed by atoms with Crippen molar-refractivity contribution in [1.29, 1.82) is 0 Å². The molecular weight excluding hydrogens is 398 g/mol. The van der Waals surface area contributed by atoms with Crippen LogP contribution < -0.4 is 10.1 Å². The molecule has 8 nitrogen and oxygen atoms in total. The van der Waals surface area contributed by atoms with Crippen LogP contribution in [0.25, 0.3) is 11.4 Å². The fourth-order valence-electron chi connectivity index (χ4n) is 2.41. The van der Waals surface area contributed by atoms with Gasteiger partial charge in [-0.2, -0.15) is 4.98 Å². The Morgan fingerprint density at radius 2 is 1.90 bits per heavy atom. The third-order valence-corrected chi connectivity index (χ3v) is 4.00. The molecule has 3 aromatic rings. The van der Waals surface area contributed by atoms with Crippen LogP contribution in [0.5, 0.6) is 5.75 Å². The molecule has 1 amide bonds. The van der Waals surface area contributed by atoms with Gasteiger partial charge in [-0.25, -0.2) is 0 Å². The van der Waals surface area contributed by atoms with Crippen LogP contribution in [0.15, 0.2) is 53.1 Å². The van der Waals surface area contributed by atoms with Crippen LogP contribution in [-0.2, 0) is 16.1 Å². The molecule has 3 rings (SSSR count). The highest BCUT2D eigenvalue weighted by molar-refractivity contribution is 6.30. The number of para-hydroxylation sites is 1. The molecule has 0 atom stereocenters. The number of hydrogen-bond donors (Lipinski definition) is 1. The summed E-state index contributed by atoms with van der Waals surface area (Å²) in [6.07, 6.45) is 0. The lowest BCUT2D eigenvalue weighted by atomic mass is 10.2. The van der Waals surface area contributed by atoms with Gasteiger partial charge in [0.25, 0.3) is 11.8 Å². The Morgan fingerprint density at radius 3 is 2.66 bits per heavy atom. The van der Waals surface area contributed by atoms with Crippen molar-refractivity contribution in [2.24, 2.45) is 0 Å². The summed E-state index contributed by atoms with van der Waals surface area (Å²) in [4.78, 5) is 28.3. The van der Waals surface area contributed by atoms with Crippen molar-refractivity contribution >= 4 is 23.5 Å². The maximum atomic E-state index is 12.3. The van der Waals surface area contributed by atoms with Crippen molar-refractivity contribution in [3.63, 3.8) is 0 Å². The second-order valence-corrected chi connectivity index (χ2v) is 6.23. The highest BCUT2D eigenvalue weighted by Crippen LogP contribution is 2.19. The molecule has 1 aromatic heterocycles. The molecular formula is C20H18ClN3O5. The van der Waals surface area contributed by atoms with Gasteiger partial charge in [-0.05, 0) is 43.3 Å². The lowest BCUT2D eigenvalue weighted by Crippen LogP contribution is -2.30. The number of nitrogens with one attached hydrogen (secondary N) is 1. The van der Waals surface area contributed by atoms with E-state index < -0.39 is 11.9 Å². The molecule has 2 aromatic carbocycles. The molecule has 0 unspecified atom stereocenters. The van der Waals surface area contributed by atoms with Crippen molar-refractivity contribution in [2.45, 2.75) is 13.5 Å². The number of aromatic nitrogens is 2. The Bertz CT molecular complexity index is 988. The molecule has 0 aliphatic carbocycles. The smallest absolute Gasteiger partial charge is 0.325 e. The Morgan fingerprint density at radius 1 is 1.14 bits per heavy atom. The molecule has 0 aliphatic rings.